The van der Waals surface area contributed by atoms with Crippen molar-refractivity contribution in [2.24, 2.45) is 0 Å². The van der Waals surface area contributed by atoms with E-state index in [1.165, 1.54) is 12.1 Å². The third kappa shape index (κ3) is 2.02. The van der Waals surface area contributed by atoms with E-state index in [0.717, 1.165) is 24.9 Å². The fourth-order valence-corrected chi connectivity index (χ4v) is 3.23. The van der Waals surface area contributed by atoms with Crippen molar-refractivity contribution >= 4 is 11.5 Å². The summed E-state index contributed by atoms with van der Waals surface area (Å²) >= 11 is 0. The molecular formula is C15H19FN4. The van der Waals surface area contributed by atoms with Gasteiger partial charge >= 0.3 is 0 Å². The number of nitrogens with one attached hydrogen (secondary N) is 2. The molecule has 2 fully saturated rings. The van der Waals surface area contributed by atoms with E-state index in [1.807, 2.05) is 11.1 Å². The summed E-state index contributed by atoms with van der Waals surface area (Å²) in [5, 5.41) is 20.4. The second kappa shape index (κ2) is 4.66. The number of fused-ring (bicyclic) bond motifs is 1. The van der Waals surface area contributed by atoms with Crippen molar-refractivity contribution in [3.05, 3.63) is 35.6 Å². The van der Waals surface area contributed by atoms with Gasteiger partial charge in [0.15, 0.2) is 0 Å². The summed E-state index contributed by atoms with van der Waals surface area (Å²) in [5.41, 5.74) is 1.21. The minimum absolute atomic E-state index is 0.247. The number of hydrogen-bond donors (Lipinski definition) is 2. The highest BCUT2D eigenvalue weighted by molar-refractivity contribution is 6.07. The molecule has 5 heteroatoms. The van der Waals surface area contributed by atoms with Crippen LogP contribution in [-0.4, -0.2) is 33.6 Å². The Morgan fingerprint density at radius 3 is 2.90 bits per heavy atom. The van der Waals surface area contributed by atoms with E-state index < -0.39 is 0 Å². The van der Waals surface area contributed by atoms with Crippen LogP contribution in [-0.2, 0) is 6.54 Å². The summed E-state index contributed by atoms with van der Waals surface area (Å²) in [6.07, 6.45) is 2.38. The lowest BCUT2D eigenvalue weighted by Crippen LogP contribution is -2.62. The predicted molar refractivity (Wildman–Crippen MR) is 76.4 cm³/mol. The second-order valence-electron chi connectivity index (χ2n) is 5.79. The van der Waals surface area contributed by atoms with Crippen molar-refractivity contribution in [2.75, 3.05) is 6.54 Å². The molecule has 106 valence electrons. The number of hydrogen-bond acceptors (Lipinski definition) is 3. The third-order valence-corrected chi connectivity index (χ3v) is 4.42. The zero-order valence-electron chi connectivity index (χ0n) is 11.6. The Morgan fingerprint density at radius 2 is 2.15 bits per heavy atom. The van der Waals surface area contributed by atoms with Gasteiger partial charge in [-0.1, -0.05) is 12.1 Å². The van der Waals surface area contributed by atoms with Gasteiger partial charge < -0.3 is 5.41 Å². The van der Waals surface area contributed by atoms with Gasteiger partial charge in [-0.25, -0.2) is 9.40 Å². The summed E-state index contributed by atoms with van der Waals surface area (Å²) in [6, 6.07) is 6.52. The van der Waals surface area contributed by atoms with Gasteiger partial charge in [0, 0.05) is 18.7 Å². The van der Waals surface area contributed by atoms with Crippen LogP contribution in [0.3, 0.4) is 0 Å². The molecule has 0 unspecified atom stereocenters. The molecule has 4 nitrogen and oxygen atoms in total. The molecule has 2 aliphatic heterocycles. The van der Waals surface area contributed by atoms with Gasteiger partial charge in [0.1, 0.15) is 11.7 Å². The number of hydrazine groups is 1. The van der Waals surface area contributed by atoms with Gasteiger partial charge in [-0.3, -0.25) is 10.4 Å². The van der Waals surface area contributed by atoms with Crippen LogP contribution in [0.5, 0.6) is 0 Å². The average molecular weight is 274 g/mol. The second-order valence-corrected chi connectivity index (χ2v) is 5.79. The Kier molecular flexibility index (Phi) is 3.09. The maximum absolute atomic E-state index is 13.3. The Morgan fingerprint density at radius 1 is 1.35 bits per heavy atom. The largest absolute Gasteiger partial charge is 0.307 e. The van der Waals surface area contributed by atoms with Gasteiger partial charge in [-0.2, -0.15) is 0 Å². The van der Waals surface area contributed by atoms with E-state index in [2.05, 4.69) is 11.9 Å². The van der Waals surface area contributed by atoms with Gasteiger partial charge in [0.05, 0.1) is 12.1 Å². The fraction of sp³-hybridized carbons (Fsp3) is 0.467. The van der Waals surface area contributed by atoms with Crippen molar-refractivity contribution in [2.45, 2.75) is 38.3 Å². The monoisotopic (exact) mass is 274 g/mol. The van der Waals surface area contributed by atoms with Gasteiger partial charge in [0.2, 0.25) is 0 Å². The zero-order valence-corrected chi connectivity index (χ0v) is 11.6. The molecule has 2 N–H and O–H groups in total. The molecule has 2 saturated heterocycles. The summed E-state index contributed by atoms with van der Waals surface area (Å²) in [5.74, 6) is 0.182. The third-order valence-electron chi connectivity index (χ3n) is 4.42. The first-order valence-corrected chi connectivity index (χ1v) is 6.95. The molecule has 0 bridgehead atoms. The van der Waals surface area contributed by atoms with Crippen LogP contribution in [0.2, 0.25) is 0 Å². The lowest BCUT2D eigenvalue weighted by molar-refractivity contribution is -0.00613. The number of halogens is 1. The maximum Gasteiger partial charge on any atom is 0.123 e. The first-order valence-electron chi connectivity index (χ1n) is 6.95. The van der Waals surface area contributed by atoms with Crippen molar-refractivity contribution in [3.8, 4) is 0 Å². The first-order chi connectivity index (χ1) is 9.50. The summed E-state index contributed by atoms with van der Waals surface area (Å²) in [6.45, 7) is 3.43. The van der Waals surface area contributed by atoms with E-state index in [1.54, 1.807) is 6.07 Å². The van der Waals surface area contributed by atoms with E-state index in [0.29, 0.717) is 24.5 Å². The molecule has 2 aliphatic rings. The molecule has 0 aliphatic carbocycles. The Balaban J connectivity index is 1.88. The van der Waals surface area contributed by atoms with Crippen LogP contribution in [0.4, 0.5) is 4.39 Å². The van der Waals surface area contributed by atoms with Crippen LogP contribution >= 0.6 is 0 Å². The SMILES string of the molecule is C[C@@]12CCCN1N(Cc1cccc(F)c1)C(=N)CC2=N. The number of benzene rings is 1. The number of nitrogens with zero attached hydrogens (tertiary/aromatic N) is 2. The topological polar surface area (TPSA) is 54.2 Å². The predicted octanol–water partition coefficient (Wildman–Crippen LogP) is 2.80. The van der Waals surface area contributed by atoms with Crippen molar-refractivity contribution < 1.29 is 4.39 Å². The molecule has 20 heavy (non-hydrogen) atoms. The van der Waals surface area contributed by atoms with E-state index in [-0.39, 0.29) is 11.4 Å². The van der Waals surface area contributed by atoms with E-state index in [4.69, 9.17) is 10.8 Å². The lowest BCUT2D eigenvalue weighted by atomic mass is 9.89. The molecule has 0 amide bonds. The lowest BCUT2D eigenvalue weighted by Gasteiger charge is -2.48. The minimum atomic E-state index is -0.266. The van der Waals surface area contributed by atoms with Gasteiger partial charge in [-0.05, 0) is 37.5 Å². The van der Waals surface area contributed by atoms with Gasteiger partial charge in [0.25, 0.3) is 0 Å². The van der Waals surface area contributed by atoms with Crippen molar-refractivity contribution in [3.63, 3.8) is 0 Å². The quantitative estimate of drug-likeness (QED) is 0.871. The molecule has 1 aromatic rings. The van der Waals surface area contributed by atoms with E-state index in [9.17, 15) is 4.39 Å². The molecule has 1 aromatic carbocycles. The molecule has 0 spiro atoms. The summed E-state index contributed by atoms with van der Waals surface area (Å²) < 4.78 is 13.3. The van der Waals surface area contributed by atoms with Crippen LogP contribution in [0.15, 0.2) is 24.3 Å². The molecule has 1 atom stereocenters. The Bertz CT molecular complexity index is 571. The smallest absolute Gasteiger partial charge is 0.123 e. The minimum Gasteiger partial charge on any atom is -0.307 e. The highest BCUT2D eigenvalue weighted by Crippen LogP contribution is 2.36. The van der Waals surface area contributed by atoms with Crippen LogP contribution in [0.25, 0.3) is 0 Å². The molecule has 0 aromatic heterocycles. The molecule has 3 rings (SSSR count). The molecule has 0 radical (unpaired) electrons. The van der Waals surface area contributed by atoms with E-state index >= 15 is 0 Å². The Hall–Kier alpha value is -1.75. The normalized spacial score (nSPS) is 27.0. The maximum atomic E-state index is 13.3. The van der Waals surface area contributed by atoms with Gasteiger partial charge in [-0.15, -0.1) is 0 Å². The summed E-state index contributed by atoms with van der Waals surface area (Å²) in [4.78, 5) is 0. The number of rotatable bonds is 2. The Labute approximate surface area is 118 Å². The molecule has 0 saturated carbocycles. The number of amidine groups is 1. The van der Waals surface area contributed by atoms with Crippen molar-refractivity contribution in [1.82, 2.24) is 10.0 Å². The highest BCUT2D eigenvalue weighted by Gasteiger charge is 2.47. The molecular weight excluding hydrogens is 255 g/mol. The first kappa shape index (κ1) is 13.2. The van der Waals surface area contributed by atoms with Crippen LogP contribution in [0.1, 0.15) is 31.7 Å². The fourth-order valence-electron chi connectivity index (χ4n) is 3.23. The highest BCUT2D eigenvalue weighted by atomic mass is 19.1. The van der Waals surface area contributed by atoms with Crippen molar-refractivity contribution in [1.29, 1.82) is 10.8 Å². The van der Waals surface area contributed by atoms with Crippen LogP contribution < -0.4 is 0 Å². The average Bonchev–Trinajstić information content (AvgIpc) is 2.79. The molecule has 2 heterocycles. The van der Waals surface area contributed by atoms with Crippen LogP contribution in [0, 0.1) is 16.6 Å². The standard InChI is InChI=1S/C15H19FN4/c1-15-6-3-7-20(15)19(14(18)9-13(15)17)10-11-4-2-5-12(16)8-11/h2,4-5,8,17-18H,3,6-7,9-10H2,1H3/t15-/m0/s1. The summed E-state index contributed by atoms with van der Waals surface area (Å²) in [7, 11) is 0. The zero-order chi connectivity index (χ0) is 14.3.